The lowest BCUT2D eigenvalue weighted by Crippen LogP contribution is -2.23. The van der Waals surface area contributed by atoms with Crippen LogP contribution in [0.25, 0.3) is 11.4 Å². The zero-order chi connectivity index (χ0) is 19.4. The summed E-state index contributed by atoms with van der Waals surface area (Å²) < 4.78 is 2.02. The van der Waals surface area contributed by atoms with Gasteiger partial charge >= 0.3 is 0 Å². The summed E-state index contributed by atoms with van der Waals surface area (Å²) in [6.07, 6.45) is 3.47. The zero-order valence-corrected chi connectivity index (χ0v) is 16.7. The predicted octanol–water partition coefficient (Wildman–Crippen LogP) is 4.10. The highest BCUT2D eigenvalue weighted by molar-refractivity contribution is 8.00. The van der Waals surface area contributed by atoms with Gasteiger partial charge in [-0.3, -0.25) is 9.78 Å². The lowest BCUT2D eigenvalue weighted by Gasteiger charge is -2.15. The Bertz CT molecular complexity index is 919. The first-order valence-corrected chi connectivity index (χ1v) is 9.76. The van der Waals surface area contributed by atoms with Crippen molar-refractivity contribution >= 4 is 23.4 Å². The molecule has 2 aromatic heterocycles. The van der Waals surface area contributed by atoms with Crippen molar-refractivity contribution in [2.45, 2.75) is 44.6 Å². The second kappa shape index (κ2) is 8.35. The maximum Gasteiger partial charge on any atom is 0.237 e. The Morgan fingerprint density at radius 2 is 1.81 bits per heavy atom. The molecular formula is C20H23N5OS. The number of pyridine rings is 1. The fraction of sp³-hybridized carbons (Fsp3) is 0.300. The van der Waals surface area contributed by atoms with Gasteiger partial charge in [-0.2, -0.15) is 0 Å². The molecule has 2 heterocycles. The van der Waals surface area contributed by atoms with Gasteiger partial charge in [0.1, 0.15) is 0 Å². The standard InChI is InChI=1S/C20H23N5OS/c1-5-25-18(16-9-11-21-12-10-16)23-24-20(25)27-15(4)19(26)22-17-13(2)7-6-8-14(17)3/h6-12,15H,5H2,1-4H3,(H,22,26)/t15-/m0/s1. The molecule has 0 saturated carbocycles. The molecule has 3 rings (SSSR count). The number of aryl methyl sites for hydroxylation is 2. The van der Waals surface area contributed by atoms with Gasteiger partial charge in [0, 0.05) is 30.2 Å². The number of thioether (sulfide) groups is 1. The summed E-state index contributed by atoms with van der Waals surface area (Å²) in [6, 6.07) is 9.79. The number of nitrogens with one attached hydrogen (secondary N) is 1. The Kier molecular flexibility index (Phi) is 5.91. The number of anilines is 1. The normalized spacial score (nSPS) is 12.0. The average molecular weight is 382 g/mol. The van der Waals surface area contributed by atoms with Crippen LogP contribution in [0.2, 0.25) is 0 Å². The second-order valence-corrected chi connectivity index (χ2v) is 7.61. The molecule has 1 aromatic carbocycles. The highest BCUT2D eigenvalue weighted by atomic mass is 32.2. The molecule has 0 aliphatic rings. The average Bonchev–Trinajstić information content (AvgIpc) is 3.07. The van der Waals surface area contributed by atoms with Gasteiger partial charge in [-0.05, 0) is 51.0 Å². The third-order valence-electron chi connectivity index (χ3n) is 4.35. The second-order valence-electron chi connectivity index (χ2n) is 6.30. The van der Waals surface area contributed by atoms with Crippen molar-refractivity contribution in [1.29, 1.82) is 0 Å². The summed E-state index contributed by atoms with van der Waals surface area (Å²) in [4.78, 5) is 16.7. The van der Waals surface area contributed by atoms with E-state index in [4.69, 9.17) is 0 Å². The fourth-order valence-electron chi connectivity index (χ4n) is 2.82. The maximum absolute atomic E-state index is 12.7. The van der Waals surface area contributed by atoms with Crippen LogP contribution < -0.4 is 5.32 Å². The minimum absolute atomic E-state index is 0.0477. The van der Waals surface area contributed by atoms with Crippen LogP contribution >= 0.6 is 11.8 Å². The van der Waals surface area contributed by atoms with Crippen LogP contribution in [0, 0.1) is 13.8 Å². The molecule has 27 heavy (non-hydrogen) atoms. The lowest BCUT2D eigenvalue weighted by molar-refractivity contribution is -0.115. The monoisotopic (exact) mass is 381 g/mol. The summed E-state index contributed by atoms with van der Waals surface area (Å²) in [5.74, 6) is 0.735. The number of nitrogens with zero attached hydrogens (tertiary/aromatic N) is 4. The van der Waals surface area contributed by atoms with E-state index in [0.29, 0.717) is 0 Å². The number of hydrogen-bond acceptors (Lipinski definition) is 5. The Morgan fingerprint density at radius 1 is 1.15 bits per heavy atom. The summed E-state index contributed by atoms with van der Waals surface area (Å²) in [5.41, 5.74) is 3.94. The van der Waals surface area contributed by atoms with Gasteiger partial charge in [-0.15, -0.1) is 10.2 Å². The molecule has 0 spiro atoms. The Labute approximate surface area is 163 Å². The van der Waals surface area contributed by atoms with E-state index >= 15 is 0 Å². The molecule has 0 bridgehead atoms. The molecule has 140 valence electrons. The van der Waals surface area contributed by atoms with Crippen LogP contribution in [-0.2, 0) is 11.3 Å². The molecule has 0 radical (unpaired) electrons. The molecular weight excluding hydrogens is 358 g/mol. The van der Waals surface area contributed by atoms with E-state index in [1.54, 1.807) is 12.4 Å². The molecule has 0 unspecified atom stereocenters. The quantitative estimate of drug-likeness (QED) is 0.651. The van der Waals surface area contributed by atoms with E-state index < -0.39 is 0 Å². The van der Waals surface area contributed by atoms with Crippen molar-refractivity contribution in [3.63, 3.8) is 0 Å². The van der Waals surface area contributed by atoms with Crippen LogP contribution in [0.15, 0.2) is 47.9 Å². The summed E-state index contributed by atoms with van der Waals surface area (Å²) in [6.45, 7) is 8.64. The molecule has 0 aliphatic carbocycles. The van der Waals surface area contributed by atoms with Gasteiger partial charge in [0.2, 0.25) is 5.91 Å². The molecule has 3 aromatic rings. The maximum atomic E-state index is 12.7. The van der Waals surface area contributed by atoms with Crippen LogP contribution in [0.5, 0.6) is 0 Å². The summed E-state index contributed by atoms with van der Waals surface area (Å²) >= 11 is 1.41. The fourth-order valence-corrected chi connectivity index (χ4v) is 3.74. The van der Waals surface area contributed by atoms with Crippen LogP contribution in [0.1, 0.15) is 25.0 Å². The van der Waals surface area contributed by atoms with Crippen LogP contribution in [-0.4, -0.2) is 30.9 Å². The third-order valence-corrected chi connectivity index (χ3v) is 5.43. The lowest BCUT2D eigenvalue weighted by atomic mass is 10.1. The first kappa shape index (κ1) is 19.1. The Morgan fingerprint density at radius 3 is 2.44 bits per heavy atom. The van der Waals surface area contributed by atoms with Crippen LogP contribution in [0.3, 0.4) is 0 Å². The zero-order valence-electron chi connectivity index (χ0n) is 15.9. The number of rotatable bonds is 6. The summed E-state index contributed by atoms with van der Waals surface area (Å²) in [7, 11) is 0. The molecule has 0 fully saturated rings. The third kappa shape index (κ3) is 4.19. The number of para-hydroxylation sites is 1. The minimum Gasteiger partial charge on any atom is -0.325 e. The van der Waals surface area contributed by atoms with Gasteiger partial charge in [0.15, 0.2) is 11.0 Å². The SMILES string of the molecule is CCn1c(S[C@@H](C)C(=O)Nc2c(C)cccc2C)nnc1-c1ccncc1. The van der Waals surface area contributed by atoms with Crippen molar-refractivity contribution in [3.05, 3.63) is 53.9 Å². The van der Waals surface area contributed by atoms with Crippen LogP contribution in [0.4, 0.5) is 5.69 Å². The van der Waals surface area contributed by atoms with Crippen molar-refractivity contribution < 1.29 is 4.79 Å². The predicted molar refractivity (Wildman–Crippen MR) is 109 cm³/mol. The van der Waals surface area contributed by atoms with E-state index in [-0.39, 0.29) is 11.2 Å². The molecule has 1 amide bonds. The van der Waals surface area contributed by atoms with Gasteiger partial charge in [0.05, 0.1) is 5.25 Å². The molecule has 1 N–H and O–H groups in total. The van der Waals surface area contributed by atoms with E-state index in [1.807, 2.05) is 62.6 Å². The molecule has 6 nitrogen and oxygen atoms in total. The highest BCUT2D eigenvalue weighted by Gasteiger charge is 2.21. The number of carbonyl (C=O) groups excluding carboxylic acids is 1. The van der Waals surface area contributed by atoms with Crippen molar-refractivity contribution in [1.82, 2.24) is 19.7 Å². The number of aromatic nitrogens is 4. The molecule has 0 aliphatic heterocycles. The topological polar surface area (TPSA) is 72.7 Å². The Balaban J connectivity index is 1.77. The Hall–Kier alpha value is -2.67. The molecule has 7 heteroatoms. The van der Waals surface area contributed by atoms with E-state index in [1.165, 1.54) is 11.8 Å². The molecule has 1 atom stereocenters. The van der Waals surface area contributed by atoms with Gasteiger partial charge in [-0.1, -0.05) is 30.0 Å². The number of carbonyl (C=O) groups is 1. The number of hydrogen-bond donors (Lipinski definition) is 1. The minimum atomic E-state index is -0.302. The van der Waals surface area contributed by atoms with E-state index in [2.05, 4.69) is 20.5 Å². The van der Waals surface area contributed by atoms with Gasteiger partial charge in [0.25, 0.3) is 0 Å². The molecule has 0 saturated heterocycles. The summed E-state index contributed by atoms with van der Waals surface area (Å²) in [5, 5.41) is 12.1. The number of amides is 1. The first-order valence-electron chi connectivity index (χ1n) is 8.88. The van der Waals surface area contributed by atoms with Gasteiger partial charge in [-0.25, -0.2) is 0 Å². The first-order chi connectivity index (χ1) is 13.0. The largest absolute Gasteiger partial charge is 0.325 e. The van der Waals surface area contributed by atoms with Crippen molar-refractivity contribution in [2.75, 3.05) is 5.32 Å². The highest BCUT2D eigenvalue weighted by Crippen LogP contribution is 2.28. The smallest absolute Gasteiger partial charge is 0.237 e. The van der Waals surface area contributed by atoms with Crippen molar-refractivity contribution in [3.8, 4) is 11.4 Å². The van der Waals surface area contributed by atoms with Gasteiger partial charge < -0.3 is 9.88 Å². The van der Waals surface area contributed by atoms with E-state index in [9.17, 15) is 4.79 Å². The van der Waals surface area contributed by atoms with Crippen molar-refractivity contribution in [2.24, 2.45) is 0 Å². The van der Waals surface area contributed by atoms with E-state index in [0.717, 1.165) is 39.9 Å². The number of benzene rings is 1.